The second-order valence-corrected chi connectivity index (χ2v) is 4.77. The summed E-state index contributed by atoms with van der Waals surface area (Å²) in [5, 5.41) is 4.01. The van der Waals surface area contributed by atoms with Crippen LogP contribution in [0.25, 0.3) is 0 Å². The molecule has 104 valence electrons. The molecule has 0 N–H and O–H groups in total. The first-order chi connectivity index (χ1) is 9.13. The van der Waals surface area contributed by atoms with E-state index in [1.807, 2.05) is 0 Å². The van der Waals surface area contributed by atoms with E-state index in [0.29, 0.717) is 12.2 Å². The van der Waals surface area contributed by atoms with Gasteiger partial charge in [-0.25, -0.2) is 0 Å². The van der Waals surface area contributed by atoms with Crippen molar-refractivity contribution in [3.8, 4) is 0 Å². The molecule has 1 atom stereocenters. The fraction of sp³-hybridized carbons (Fsp3) is 0.615. The highest BCUT2D eigenvalue weighted by molar-refractivity contribution is 5.93. The van der Waals surface area contributed by atoms with Crippen LogP contribution in [-0.4, -0.2) is 46.3 Å². The molecule has 1 aromatic heterocycles. The highest BCUT2D eigenvalue weighted by Gasteiger charge is 2.30. The highest BCUT2D eigenvalue weighted by atomic mass is 16.5. The van der Waals surface area contributed by atoms with Crippen molar-refractivity contribution in [2.24, 2.45) is 7.05 Å². The molecule has 19 heavy (non-hydrogen) atoms. The summed E-state index contributed by atoms with van der Waals surface area (Å²) in [4.78, 5) is 25.7. The van der Waals surface area contributed by atoms with E-state index in [-0.39, 0.29) is 24.3 Å². The summed E-state index contributed by atoms with van der Waals surface area (Å²) in [5.74, 6) is -0.330. The zero-order chi connectivity index (χ0) is 13.8. The average Bonchev–Trinajstić information content (AvgIpc) is 2.84. The normalized spacial score (nSPS) is 19.3. The zero-order valence-corrected chi connectivity index (χ0v) is 11.3. The van der Waals surface area contributed by atoms with Crippen LogP contribution in [-0.2, 0) is 16.6 Å². The number of hydrogen-bond donors (Lipinski definition) is 0. The number of aromatic nitrogens is 2. The fourth-order valence-corrected chi connectivity index (χ4v) is 2.49. The SMILES string of the molecule is COC(=O)CC1CCCCN1C(=O)c1ccnn1C. The third kappa shape index (κ3) is 2.94. The van der Waals surface area contributed by atoms with Crippen molar-refractivity contribution in [3.63, 3.8) is 0 Å². The van der Waals surface area contributed by atoms with Crippen LogP contribution < -0.4 is 0 Å². The molecule has 1 amide bonds. The zero-order valence-electron chi connectivity index (χ0n) is 11.3. The molecule has 0 radical (unpaired) electrons. The van der Waals surface area contributed by atoms with Gasteiger partial charge in [0.05, 0.1) is 13.5 Å². The molecule has 0 spiro atoms. The van der Waals surface area contributed by atoms with Gasteiger partial charge in [0.2, 0.25) is 0 Å². The van der Waals surface area contributed by atoms with Gasteiger partial charge in [0.1, 0.15) is 5.69 Å². The molecule has 1 aliphatic rings. The maximum absolute atomic E-state index is 12.5. The van der Waals surface area contributed by atoms with Crippen LogP contribution in [0, 0.1) is 0 Å². The van der Waals surface area contributed by atoms with Crippen molar-refractivity contribution in [2.45, 2.75) is 31.7 Å². The number of amides is 1. The van der Waals surface area contributed by atoms with Gasteiger partial charge in [-0.15, -0.1) is 0 Å². The van der Waals surface area contributed by atoms with Crippen LogP contribution in [0.1, 0.15) is 36.2 Å². The Balaban J connectivity index is 2.13. The number of methoxy groups -OCH3 is 1. The van der Waals surface area contributed by atoms with Crippen molar-refractivity contribution in [3.05, 3.63) is 18.0 Å². The Morgan fingerprint density at radius 3 is 2.89 bits per heavy atom. The number of likely N-dealkylation sites (tertiary alicyclic amines) is 1. The van der Waals surface area contributed by atoms with Crippen molar-refractivity contribution < 1.29 is 14.3 Å². The van der Waals surface area contributed by atoms with Gasteiger partial charge in [-0.3, -0.25) is 14.3 Å². The van der Waals surface area contributed by atoms with Crippen LogP contribution in [0.15, 0.2) is 12.3 Å². The van der Waals surface area contributed by atoms with Gasteiger partial charge in [-0.1, -0.05) is 0 Å². The first-order valence-electron chi connectivity index (χ1n) is 6.49. The Morgan fingerprint density at radius 2 is 2.26 bits per heavy atom. The molecule has 1 aliphatic heterocycles. The number of carbonyl (C=O) groups excluding carboxylic acids is 2. The summed E-state index contributed by atoms with van der Waals surface area (Å²) >= 11 is 0. The molecule has 2 heterocycles. The summed E-state index contributed by atoms with van der Waals surface area (Å²) in [6.07, 6.45) is 4.73. The first kappa shape index (κ1) is 13.6. The molecule has 0 aromatic carbocycles. The molecule has 1 saturated heterocycles. The van der Waals surface area contributed by atoms with Crippen molar-refractivity contribution in [2.75, 3.05) is 13.7 Å². The predicted octanol–water partition coefficient (Wildman–Crippen LogP) is 0.978. The quantitative estimate of drug-likeness (QED) is 0.764. The smallest absolute Gasteiger partial charge is 0.307 e. The maximum Gasteiger partial charge on any atom is 0.307 e. The number of nitrogens with zero attached hydrogens (tertiary/aromatic N) is 3. The van der Waals surface area contributed by atoms with Crippen LogP contribution in [0.2, 0.25) is 0 Å². The topological polar surface area (TPSA) is 64.4 Å². The summed E-state index contributed by atoms with van der Waals surface area (Å²) < 4.78 is 6.26. The van der Waals surface area contributed by atoms with Gasteiger partial charge in [0.25, 0.3) is 5.91 Å². The van der Waals surface area contributed by atoms with E-state index < -0.39 is 0 Å². The number of hydrogen-bond acceptors (Lipinski definition) is 4. The van der Waals surface area contributed by atoms with Gasteiger partial charge >= 0.3 is 5.97 Å². The lowest BCUT2D eigenvalue weighted by molar-refractivity contribution is -0.142. The van der Waals surface area contributed by atoms with Crippen LogP contribution in [0.5, 0.6) is 0 Å². The number of esters is 1. The van der Waals surface area contributed by atoms with Gasteiger partial charge in [-0.2, -0.15) is 5.10 Å². The number of piperidine rings is 1. The van der Waals surface area contributed by atoms with E-state index in [4.69, 9.17) is 4.74 Å². The number of aryl methyl sites for hydroxylation is 1. The van der Waals surface area contributed by atoms with Gasteiger partial charge in [0.15, 0.2) is 0 Å². The maximum atomic E-state index is 12.5. The van der Waals surface area contributed by atoms with Crippen molar-refractivity contribution >= 4 is 11.9 Å². The van der Waals surface area contributed by atoms with Crippen LogP contribution in [0.3, 0.4) is 0 Å². The minimum atomic E-state index is -0.269. The third-order valence-corrected chi connectivity index (χ3v) is 3.56. The second kappa shape index (κ2) is 5.86. The Labute approximate surface area is 112 Å². The van der Waals surface area contributed by atoms with E-state index in [2.05, 4.69) is 5.10 Å². The van der Waals surface area contributed by atoms with Gasteiger partial charge in [0, 0.05) is 25.8 Å². The van der Waals surface area contributed by atoms with Crippen LogP contribution in [0.4, 0.5) is 0 Å². The van der Waals surface area contributed by atoms with Gasteiger partial charge < -0.3 is 9.64 Å². The second-order valence-electron chi connectivity index (χ2n) is 4.77. The molecule has 1 unspecified atom stereocenters. The molecular weight excluding hydrogens is 246 g/mol. The van der Waals surface area contributed by atoms with E-state index in [1.165, 1.54) is 7.11 Å². The average molecular weight is 265 g/mol. The minimum absolute atomic E-state index is 0.0615. The largest absolute Gasteiger partial charge is 0.469 e. The Bertz CT molecular complexity index is 469. The molecule has 1 aromatic rings. The lowest BCUT2D eigenvalue weighted by atomic mass is 9.99. The van der Waals surface area contributed by atoms with E-state index in [1.54, 1.807) is 28.9 Å². The molecular formula is C13H19N3O3. The van der Waals surface area contributed by atoms with E-state index in [0.717, 1.165) is 19.3 Å². The monoisotopic (exact) mass is 265 g/mol. The van der Waals surface area contributed by atoms with Crippen molar-refractivity contribution in [1.29, 1.82) is 0 Å². The summed E-state index contributed by atoms with van der Waals surface area (Å²) in [5.41, 5.74) is 0.553. The molecule has 6 heteroatoms. The van der Waals surface area contributed by atoms with E-state index >= 15 is 0 Å². The minimum Gasteiger partial charge on any atom is -0.469 e. The lowest BCUT2D eigenvalue weighted by Gasteiger charge is -2.35. The Morgan fingerprint density at radius 1 is 1.47 bits per heavy atom. The number of rotatable bonds is 3. The van der Waals surface area contributed by atoms with Gasteiger partial charge in [-0.05, 0) is 25.3 Å². The Hall–Kier alpha value is -1.85. The fourth-order valence-electron chi connectivity index (χ4n) is 2.49. The molecule has 0 bridgehead atoms. The first-order valence-corrected chi connectivity index (χ1v) is 6.49. The number of ether oxygens (including phenoxy) is 1. The summed E-state index contributed by atoms with van der Waals surface area (Å²) in [7, 11) is 3.12. The third-order valence-electron chi connectivity index (χ3n) is 3.56. The summed E-state index contributed by atoms with van der Waals surface area (Å²) in [6.45, 7) is 0.686. The molecule has 0 aliphatic carbocycles. The molecule has 0 saturated carbocycles. The summed E-state index contributed by atoms with van der Waals surface area (Å²) in [6, 6.07) is 1.63. The molecule has 2 rings (SSSR count). The lowest BCUT2D eigenvalue weighted by Crippen LogP contribution is -2.45. The Kier molecular flexibility index (Phi) is 4.19. The molecule has 1 fully saturated rings. The standard InChI is InChI=1S/C13H19N3O3/c1-15-11(6-7-14-15)13(18)16-8-4-3-5-10(16)9-12(17)19-2/h6-7,10H,3-5,8-9H2,1-2H3. The van der Waals surface area contributed by atoms with Crippen LogP contribution >= 0.6 is 0 Å². The highest BCUT2D eigenvalue weighted by Crippen LogP contribution is 2.22. The predicted molar refractivity (Wildman–Crippen MR) is 68.5 cm³/mol. The van der Waals surface area contributed by atoms with E-state index in [9.17, 15) is 9.59 Å². The number of carbonyl (C=O) groups is 2. The molecule has 6 nitrogen and oxygen atoms in total. The van der Waals surface area contributed by atoms with Crippen molar-refractivity contribution in [1.82, 2.24) is 14.7 Å².